The fourth-order valence-electron chi connectivity index (χ4n) is 9.12. The summed E-state index contributed by atoms with van der Waals surface area (Å²) in [5, 5.41) is 13.6. The van der Waals surface area contributed by atoms with Crippen molar-refractivity contribution >= 4 is 46.7 Å². The molecule has 12 heteroatoms. The van der Waals surface area contributed by atoms with Crippen LogP contribution >= 0.6 is 11.3 Å². The quantitative estimate of drug-likeness (QED) is 0.133. The summed E-state index contributed by atoms with van der Waals surface area (Å²) in [5.74, 6) is -2.78. The highest BCUT2D eigenvalue weighted by molar-refractivity contribution is 7.12. The van der Waals surface area contributed by atoms with Crippen LogP contribution in [0.15, 0.2) is 30.2 Å². The van der Waals surface area contributed by atoms with Gasteiger partial charge in [-0.1, -0.05) is 90.7 Å². The molecule has 1 aliphatic heterocycles. The van der Waals surface area contributed by atoms with Crippen molar-refractivity contribution in [1.29, 1.82) is 0 Å². The molecule has 0 bridgehead atoms. The Kier molecular flexibility index (Phi) is 14.3. The van der Waals surface area contributed by atoms with Gasteiger partial charge in [-0.25, -0.2) is 0 Å². The van der Waals surface area contributed by atoms with E-state index >= 15 is 4.79 Å². The third kappa shape index (κ3) is 9.96. The van der Waals surface area contributed by atoms with Crippen LogP contribution in [-0.4, -0.2) is 77.5 Å². The number of carbonyl (C=O) groups excluding carboxylic acids is 6. The highest BCUT2D eigenvalue weighted by Gasteiger charge is 2.50. The molecular formula is C41H61N5O6S. The number of hydrogen-bond donors (Lipinski definition) is 4. The molecule has 11 nitrogen and oxygen atoms in total. The van der Waals surface area contributed by atoms with Crippen molar-refractivity contribution in [3.63, 3.8) is 0 Å². The van der Waals surface area contributed by atoms with Crippen LogP contribution in [0.3, 0.4) is 0 Å². The molecule has 53 heavy (non-hydrogen) atoms. The van der Waals surface area contributed by atoms with Crippen LogP contribution in [0.5, 0.6) is 0 Å². The zero-order valence-electron chi connectivity index (χ0n) is 32.0. The largest absolute Gasteiger partial charge is 0.346 e. The molecule has 0 aromatic carbocycles. The number of likely N-dealkylation sites (tertiary alicyclic amines) is 1. The minimum Gasteiger partial charge on any atom is -0.346 e. The molecule has 5 rings (SSSR count). The van der Waals surface area contributed by atoms with Crippen molar-refractivity contribution in [2.24, 2.45) is 29.1 Å². The summed E-state index contributed by atoms with van der Waals surface area (Å²) in [6.07, 6.45) is 14.5. The SMILES string of the molecule is C=CCNC(=O)C(=O)C(CC1CCC1)NC(=O)[C@@H]1[C@@H](C(C)C)CCN1C(=O)[C@@H](NC(=O)[C@@H](NC(=O)c1cccs1)C1CCCCC1)C1(C)CCCCC1. The molecule has 0 spiro atoms. The second-order valence-corrected chi connectivity index (χ2v) is 17.6. The normalized spacial score (nSPS) is 23.6. The van der Waals surface area contributed by atoms with Crippen molar-refractivity contribution in [2.75, 3.05) is 13.1 Å². The summed E-state index contributed by atoms with van der Waals surface area (Å²) in [5.41, 5.74) is -0.553. The summed E-state index contributed by atoms with van der Waals surface area (Å²) < 4.78 is 0. The van der Waals surface area contributed by atoms with Gasteiger partial charge in [0, 0.05) is 13.1 Å². The number of nitrogens with one attached hydrogen (secondary N) is 4. The van der Waals surface area contributed by atoms with E-state index in [4.69, 9.17) is 0 Å². The Morgan fingerprint density at radius 1 is 0.925 bits per heavy atom. The first kappa shape index (κ1) is 40.6. The van der Waals surface area contributed by atoms with Crippen LogP contribution in [0.1, 0.15) is 127 Å². The molecule has 3 aliphatic carbocycles. The van der Waals surface area contributed by atoms with E-state index in [0.29, 0.717) is 24.3 Å². The fourth-order valence-corrected chi connectivity index (χ4v) is 9.75. The third-order valence-electron chi connectivity index (χ3n) is 12.6. The Morgan fingerprint density at radius 3 is 2.23 bits per heavy atom. The van der Waals surface area contributed by atoms with E-state index in [2.05, 4.69) is 34.8 Å². The van der Waals surface area contributed by atoms with Gasteiger partial charge in [-0.15, -0.1) is 17.9 Å². The molecule has 4 fully saturated rings. The van der Waals surface area contributed by atoms with E-state index in [1.165, 1.54) is 17.4 Å². The number of amides is 5. The average Bonchev–Trinajstić information content (AvgIpc) is 3.84. The molecule has 1 aromatic heterocycles. The first-order valence-corrected chi connectivity index (χ1v) is 21.0. The van der Waals surface area contributed by atoms with E-state index in [1.807, 2.05) is 25.3 Å². The van der Waals surface area contributed by atoms with Crippen molar-refractivity contribution < 1.29 is 28.8 Å². The molecule has 5 amide bonds. The second-order valence-electron chi connectivity index (χ2n) is 16.6. The van der Waals surface area contributed by atoms with Gasteiger partial charge in [-0.05, 0) is 79.1 Å². The maximum atomic E-state index is 15.1. The predicted molar refractivity (Wildman–Crippen MR) is 206 cm³/mol. The van der Waals surface area contributed by atoms with Crippen LogP contribution in [0, 0.1) is 29.1 Å². The van der Waals surface area contributed by atoms with Gasteiger partial charge in [0.05, 0.1) is 10.9 Å². The lowest BCUT2D eigenvalue weighted by Gasteiger charge is -2.43. The monoisotopic (exact) mass is 751 g/mol. The summed E-state index contributed by atoms with van der Waals surface area (Å²) in [7, 11) is 0. The number of thiophene rings is 1. The molecule has 1 aromatic rings. The molecule has 0 radical (unpaired) electrons. The smallest absolute Gasteiger partial charge is 0.289 e. The number of nitrogens with zero attached hydrogens (tertiary/aromatic N) is 1. The van der Waals surface area contributed by atoms with Crippen LogP contribution in [-0.2, 0) is 24.0 Å². The summed E-state index contributed by atoms with van der Waals surface area (Å²) in [6.45, 7) is 10.2. The van der Waals surface area contributed by atoms with Gasteiger partial charge in [-0.3, -0.25) is 28.8 Å². The van der Waals surface area contributed by atoms with Gasteiger partial charge < -0.3 is 26.2 Å². The van der Waals surface area contributed by atoms with Crippen molar-refractivity contribution in [1.82, 2.24) is 26.2 Å². The summed E-state index contributed by atoms with van der Waals surface area (Å²) in [4.78, 5) is 85.7. The molecular weight excluding hydrogens is 691 g/mol. The summed E-state index contributed by atoms with van der Waals surface area (Å²) in [6, 6.07) is -0.0126. The van der Waals surface area contributed by atoms with Crippen LogP contribution in [0.2, 0.25) is 0 Å². The molecule has 1 unspecified atom stereocenters. The lowest BCUT2D eigenvalue weighted by Crippen LogP contribution is -2.63. The van der Waals surface area contributed by atoms with E-state index in [9.17, 15) is 24.0 Å². The van der Waals surface area contributed by atoms with Gasteiger partial charge in [0.1, 0.15) is 18.1 Å². The molecule has 4 N–H and O–H groups in total. The second kappa shape index (κ2) is 18.7. The van der Waals surface area contributed by atoms with Crippen molar-refractivity contribution in [3.8, 4) is 0 Å². The van der Waals surface area contributed by atoms with Gasteiger partial charge in [-0.2, -0.15) is 0 Å². The molecule has 1 saturated heterocycles. The number of rotatable bonds is 16. The zero-order valence-corrected chi connectivity index (χ0v) is 32.8. The van der Waals surface area contributed by atoms with E-state index in [1.54, 1.807) is 11.0 Å². The molecule has 4 aliphatic rings. The average molecular weight is 752 g/mol. The first-order valence-electron chi connectivity index (χ1n) is 20.1. The van der Waals surface area contributed by atoms with E-state index in [-0.39, 0.29) is 47.9 Å². The predicted octanol–water partition coefficient (Wildman–Crippen LogP) is 5.30. The highest BCUT2D eigenvalue weighted by Crippen LogP contribution is 2.42. The number of Topliss-reactive ketones (excluding diaryl/α,β-unsaturated/α-hetero) is 1. The Morgan fingerprint density at radius 2 is 1.62 bits per heavy atom. The Balaban J connectivity index is 1.42. The minimum absolute atomic E-state index is 0.0490. The van der Waals surface area contributed by atoms with Crippen molar-refractivity contribution in [3.05, 3.63) is 35.0 Å². The van der Waals surface area contributed by atoms with Gasteiger partial charge in [0.2, 0.25) is 23.5 Å². The Bertz CT molecular complexity index is 1460. The number of hydrogen-bond acceptors (Lipinski definition) is 7. The number of carbonyl (C=O) groups is 6. The Hall–Kier alpha value is -3.54. The van der Waals surface area contributed by atoms with E-state index in [0.717, 1.165) is 83.5 Å². The third-order valence-corrected chi connectivity index (χ3v) is 13.4. The van der Waals surface area contributed by atoms with Crippen LogP contribution < -0.4 is 21.3 Å². The lowest BCUT2D eigenvalue weighted by atomic mass is 9.69. The molecule has 2 heterocycles. The standard InChI is InChI=1S/C41H61N5O6S/c1-5-22-42-39(51)34(47)30(25-27-14-12-15-27)43-38(50)33-29(26(2)3)19-23-46(33)40(52)35(41(4)20-10-7-11-21-41)45-37(49)32(28-16-8-6-9-17-28)44-36(48)31-18-13-24-53-31/h5,13,18,24,26-30,32-33,35H,1,6-12,14-17,19-23,25H2,2-4H3,(H,42,51)(H,43,50)(H,44,48)(H,45,49)/t29-,30?,32+,33+,35-/m1/s1. The summed E-state index contributed by atoms with van der Waals surface area (Å²) >= 11 is 1.32. The van der Waals surface area contributed by atoms with Crippen molar-refractivity contribution in [2.45, 2.75) is 141 Å². The maximum Gasteiger partial charge on any atom is 0.289 e. The highest BCUT2D eigenvalue weighted by atomic mass is 32.1. The van der Waals surface area contributed by atoms with Gasteiger partial charge in [0.15, 0.2) is 0 Å². The fraction of sp³-hybridized carbons (Fsp3) is 0.707. The minimum atomic E-state index is -1.00. The molecule has 292 valence electrons. The van der Waals surface area contributed by atoms with Gasteiger partial charge in [0.25, 0.3) is 11.8 Å². The molecule has 5 atom stereocenters. The number of ketones is 1. The first-order chi connectivity index (χ1) is 25.4. The van der Waals surface area contributed by atoms with Crippen LogP contribution in [0.4, 0.5) is 0 Å². The van der Waals surface area contributed by atoms with Crippen LogP contribution in [0.25, 0.3) is 0 Å². The maximum absolute atomic E-state index is 15.1. The lowest BCUT2D eigenvalue weighted by molar-refractivity contribution is -0.147. The molecule has 3 saturated carbocycles. The van der Waals surface area contributed by atoms with E-state index < -0.39 is 47.2 Å². The zero-order chi connectivity index (χ0) is 38.1. The Labute approximate surface area is 319 Å². The topological polar surface area (TPSA) is 154 Å². The van der Waals surface area contributed by atoms with Gasteiger partial charge >= 0.3 is 0 Å².